The zero-order valence-electron chi connectivity index (χ0n) is 23.6. The van der Waals surface area contributed by atoms with E-state index in [0.29, 0.717) is 56.3 Å². The van der Waals surface area contributed by atoms with Crippen molar-refractivity contribution in [2.45, 2.75) is 19.4 Å². The van der Waals surface area contributed by atoms with Crippen molar-refractivity contribution in [3.05, 3.63) is 70.9 Å². The van der Waals surface area contributed by atoms with Crippen molar-refractivity contribution >= 4 is 60.0 Å². The lowest BCUT2D eigenvalue weighted by molar-refractivity contribution is -0.119. The fraction of sp³-hybridized carbons (Fsp3) is 0.333. The van der Waals surface area contributed by atoms with Gasteiger partial charge in [-0.2, -0.15) is 0 Å². The summed E-state index contributed by atoms with van der Waals surface area (Å²) >= 11 is 1.71. The van der Waals surface area contributed by atoms with Crippen LogP contribution in [0.25, 0.3) is 42.3 Å². The zero-order chi connectivity index (χ0) is 28.6. The number of para-hydroxylation sites is 1. The number of hydrogen-bond donors (Lipinski definition) is 1. The molecular weight excluding hydrogens is 550 g/mol. The molecule has 0 radical (unpaired) electrons. The van der Waals surface area contributed by atoms with Crippen LogP contribution in [0.15, 0.2) is 69.9 Å². The Labute approximate surface area is 247 Å². The number of thiophene rings is 1. The fourth-order valence-corrected chi connectivity index (χ4v) is 7.19. The largest absolute Gasteiger partial charge is 0.440 e. The minimum absolute atomic E-state index is 0.0202. The predicted octanol–water partition coefficient (Wildman–Crippen LogP) is 5.71. The molecule has 1 amide bonds. The smallest absolute Gasteiger partial charge is 0.238 e. The first-order valence-electron chi connectivity index (χ1n) is 14.6. The third-order valence-corrected chi connectivity index (χ3v) is 9.40. The summed E-state index contributed by atoms with van der Waals surface area (Å²) < 4.78 is 19.9. The molecule has 42 heavy (non-hydrogen) atoms. The predicted molar refractivity (Wildman–Crippen MR) is 169 cm³/mol. The summed E-state index contributed by atoms with van der Waals surface area (Å²) in [5.41, 5.74) is 3.24. The third-order valence-electron chi connectivity index (χ3n) is 8.18. The van der Waals surface area contributed by atoms with Crippen molar-refractivity contribution < 1.29 is 18.7 Å². The number of hydrogen-bond acceptors (Lipinski definition) is 8. The van der Waals surface area contributed by atoms with Crippen LogP contribution in [0.3, 0.4) is 0 Å². The molecule has 0 unspecified atom stereocenters. The molecule has 1 atom stereocenters. The average molecular weight is 584 g/mol. The van der Waals surface area contributed by atoms with Crippen LogP contribution in [-0.4, -0.2) is 69.5 Å². The molecule has 1 N–H and O–H groups in total. The SMILES string of the molecule is CC[C@@H]1CN(CC(=O)Nc2ccc3sc4c(-c5cccc6c(=O)cc(N7CCOCC7)oc56)cccc4c3c2)CCO1. The van der Waals surface area contributed by atoms with Crippen LogP contribution in [0.5, 0.6) is 0 Å². The number of fused-ring (bicyclic) bond motifs is 4. The molecule has 2 aliphatic heterocycles. The molecule has 2 saturated heterocycles. The van der Waals surface area contributed by atoms with Gasteiger partial charge in [0.15, 0.2) is 11.3 Å². The first-order valence-corrected chi connectivity index (χ1v) is 15.4. The van der Waals surface area contributed by atoms with E-state index in [9.17, 15) is 9.59 Å². The quantitative estimate of drug-likeness (QED) is 0.274. The van der Waals surface area contributed by atoms with Crippen molar-refractivity contribution in [2.75, 3.05) is 62.8 Å². The van der Waals surface area contributed by atoms with Crippen LogP contribution >= 0.6 is 11.3 Å². The molecule has 0 saturated carbocycles. The summed E-state index contributed by atoms with van der Waals surface area (Å²) in [4.78, 5) is 30.3. The molecule has 2 aliphatic rings. The first kappa shape index (κ1) is 27.1. The van der Waals surface area contributed by atoms with E-state index >= 15 is 0 Å². The van der Waals surface area contributed by atoms with Crippen molar-refractivity contribution in [1.29, 1.82) is 0 Å². The highest BCUT2D eigenvalue weighted by Gasteiger charge is 2.22. The van der Waals surface area contributed by atoms with Gasteiger partial charge in [0.1, 0.15) is 5.58 Å². The number of carbonyl (C=O) groups excluding carboxylic acids is 1. The van der Waals surface area contributed by atoms with E-state index in [4.69, 9.17) is 13.9 Å². The van der Waals surface area contributed by atoms with Gasteiger partial charge in [0.05, 0.1) is 37.9 Å². The Hall–Kier alpha value is -3.76. The van der Waals surface area contributed by atoms with Gasteiger partial charge in [-0.3, -0.25) is 14.5 Å². The third kappa shape index (κ3) is 5.18. The Kier molecular flexibility index (Phi) is 7.41. The second kappa shape index (κ2) is 11.5. The summed E-state index contributed by atoms with van der Waals surface area (Å²) in [5.74, 6) is 0.558. The van der Waals surface area contributed by atoms with Gasteiger partial charge >= 0.3 is 0 Å². The van der Waals surface area contributed by atoms with Crippen LogP contribution in [0, 0.1) is 0 Å². The Morgan fingerprint density at radius 2 is 1.76 bits per heavy atom. The maximum atomic E-state index is 13.2. The number of benzene rings is 3. The van der Waals surface area contributed by atoms with Crippen molar-refractivity contribution in [3.63, 3.8) is 0 Å². The number of amides is 1. The molecule has 2 aromatic heterocycles. The number of anilines is 2. The molecule has 7 rings (SSSR count). The van der Waals surface area contributed by atoms with Crippen LogP contribution in [0.4, 0.5) is 11.6 Å². The van der Waals surface area contributed by atoms with Gasteiger partial charge in [-0.1, -0.05) is 37.3 Å². The van der Waals surface area contributed by atoms with E-state index in [-0.39, 0.29) is 17.4 Å². The standard InChI is InChI=1S/C33H33N3O5S/c1-2-22-19-35(11-16-40-22)20-30(38)34-21-9-10-29-27(17-21)25-7-4-6-24(33(25)42-29)23-5-3-8-26-28(37)18-31(41-32(23)26)36-12-14-39-15-13-36/h3-10,17-18,22H,2,11-16,19-20H2,1H3,(H,34,38)/t22-/m1/s1. The van der Waals surface area contributed by atoms with Gasteiger partial charge in [0.25, 0.3) is 0 Å². The monoisotopic (exact) mass is 583 g/mol. The second-order valence-electron chi connectivity index (χ2n) is 10.9. The fourth-order valence-electron chi connectivity index (χ4n) is 5.98. The molecule has 8 nitrogen and oxygen atoms in total. The Morgan fingerprint density at radius 1 is 0.952 bits per heavy atom. The number of rotatable bonds is 6. The topological polar surface area (TPSA) is 84.3 Å². The number of carbonyl (C=O) groups is 1. The number of morpholine rings is 2. The summed E-state index contributed by atoms with van der Waals surface area (Å²) in [6.45, 7) is 7.27. The molecule has 0 bridgehead atoms. The molecule has 5 aromatic rings. The molecule has 216 valence electrons. The van der Waals surface area contributed by atoms with Crippen molar-refractivity contribution in [3.8, 4) is 11.1 Å². The lowest BCUT2D eigenvalue weighted by Gasteiger charge is -2.31. The van der Waals surface area contributed by atoms with E-state index in [0.717, 1.165) is 56.5 Å². The highest BCUT2D eigenvalue weighted by Crippen LogP contribution is 2.42. The van der Waals surface area contributed by atoms with E-state index < -0.39 is 0 Å². The minimum atomic E-state index is -0.0502. The molecule has 9 heteroatoms. The van der Waals surface area contributed by atoms with E-state index in [2.05, 4.69) is 46.3 Å². The van der Waals surface area contributed by atoms with Crippen molar-refractivity contribution in [2.24, 2.45) is 0 Å². The van der Waals surface area contributed by atoms with Gasteiger partial charge in [-0.15, -0.1) is 11.3 Å². The summed E-state index contributed by atoms with van der Waals surface area (Å²) in [5, 5.41) is 5.86. The Morgan fingerprint density at radius 3 is 2.60 bits per heavy atom. The van der Waals surface area contributed by atoms with Gasteiger partial charge in [-0.25, -0.2) is 0 Å². The second-order valence-corrected chi connectivity index (χ2v) is 12.0. The lowest BCUT2D eigenvalue weighted by Crippen LogP contribution is -2.45. The van der Waals surface area contributed by atoms with Gasteiger partial charge in [0, 0.05) is 69.2 Å². The number of ether oxygens (including phenoxy) is 2. The van der Waals surface area contributed by atoms with E-state index in [1.165, 1.54) is 0 Å². The lowest BCUT2D eigenvalue weighted by atomic mass is 10.0. The van der Waals surface area contributed by atoms with E-state index in [1.54, 1.807) is 17.4 Å². The van der Waals surface area contributed by atoms with Crippen LogP contribution in [-0.2, 0) is 14.3 Å². The normalized spacial score (nSPS) is 18.2. The maximum Gasteiger partial charge on any atom is 0.238 e. The highest BCUT2D eigenvalue weighted by atomic mass is 32.1. The minimum Gasteiger partial charge on any atom is -0.440 e. The number of nitrogens with one attached hydrogen (secondary N) is 1. The molecule has 0 aliphatic carbocycles. The average Bonchev–Trinajstić information content (AvgIpc) is 3.39. The van der Waals surface area contributed by atoms with Gasteiger partial charge in [0.2, 0.25) is 5.91 Å². The first-order chi connectivity index (χ1) is 20.6. The summed E-state index contributed by atoms with van der Waals surface area (Å²) in [7, 11) is 0. The Bertz CT molecular complexity index is 1840. The summed E-state index contributed by atoms with van der Waals surface area (Å²) in [6.07, 6.45) is 1.14. The summed E-state index contributed by atoms with van der Waals surface area (Å²) in [6, 6.07) is 19.7. The molecular formula is C33H33N3O5S. The molecule has 0 spiro atoms. The molecule has 4 heterocycles. The number of nitrogens with zero attached hydrogens (tertiary/aromatic N) is 2. The van der Waals surface area contributed by atoms with Crippen LogP contribution < -0.4 is 15.6 Å². The van der Waals surface area contributed by atoms with Crippen LogP contribution in [0.2, 0.25) is 0 Å². The molecule has 3 aromatic carbocycles. The Balaban J connectivity index is 1.23. The maximum absolute atomic E-state index is 13.2. The van der Waals surface area contributed by atoms with Crippen LogP contribution in [0.1, 0.15) is 13.3 Å². The zero-order valence-corrected chi connectivity index (χ0v) is 24.4. The highest BCUT2D eigenvalue weighted by molar-refractivity contribution is 7.26. The van der Waals surface area contributed by atoms with Gasteiger partial charge in [-0.05, 0) is 30.7 Å². The van der Waals surface area contributed by atoms with Crippen molar-refractivity contribution in [1.82, 2.24) is 4.90 Å². The van der Waals surface area contributed by atoms with Gasteiger partial charge < -0.3 is 24.1 Å². The molecule has 2 fully saturated rings. The van der Waals surface area contributed by atoms with E-state index in [1.807, 2.05) is 30.3 Å².